The van der Waals surface area contributed by atoms with Gasteiger partial charge in [-0.3, -0.25) is 9.79 Å². The summed E-state index contributed by atoms with van der Waals surface area (Å²) in [6, 6.07) is 0. The summed E-state index contributed by atoms with van der Waals surface area (Å²) in [5.41, 5.74) is 0.893. The number of cyclic esters (lactones) is 1. The lowest BCUT2D eigenvalue weighted by atomic mass is 9.84. The Balaban J connectivity index is 2.43. The SMILES string of the molecule is CN=C(NC)NCCC/C=C/CCC[C@H](C)[C@H]1OC(=O)/C(C)=C\C=C\[C@@H](C)[C@@H](O)C[C@@H](O)[C@H](C)[C@H](O)CC[C@H](C)[C@@H](O)C[C@]2(O)O[C@H](C[C@H](OC(=O)CCCCCCCC(C)C)C[C@@H](O)C[C@H](O)C[C@@H](O)/C(C)=C/C=C\[C@H]1C)C[C@@H](O)[C@@H]2O. The number of hydrogen-bond acceptors (Lipinski definition) is 16. The lowest BCUT2D eigenvalue weighted by molar-refractivity contribution is -0.333. The number of carbonyl (C=O) groups excluding carboxylic acids is 2. The van der Waals surface area contributed by atoms with Gasteiger partial charge in [-0.15, -0.1) is 0 Å². The van der Waals surface area contributed by atoms with E-state index in [0.717, 1.165) is 76.7 Å². The van der Waals surface area contributed by atoms with Crippen molar-refractivity contribution in [2.75, 3.05) is 20.6 Å². The molecule has 0 unspecified atom stereocenters. The molecule has 0 spiro atoms. The zero-order valence-electron chi connectivity index (χ0n) is 52.5. The van der Waals surface area contributed by atoms with Gasteiger partial charge in [0.1, 0.15) is 18.3 Å². The van der Waals surface area contributed by atoms with Gasteiger partial charge in [0.15, 0.2) is 11.7 Å². The number of aliphatic hydroxyl groups is 10. The second kappa shape index (κ2) is 40.8. The number of aliphatic hydroxyl groups excluding tert-OH is 9. The van der Waals surface area contributed by atoms with Crippen LogP contribution in [0.4, 0.5) is 0 Å². The minimum absolute atomic E-state index is 0.0327. The Morgan fingerprint density at radius 1 is 0.735 bits per heavy atom. The first-order valence-electron chi connectivity index (χ1n) is 31.4. The molecule has 1 fully saturated rings. The van der Waals surface area contributed by atoms with Crippen LogP contribution in [0.15, 0.2) is 64.7 Å². The molecule has 0 aromatic rings. The van der Waals surface area contributed by atoms with Crippen molar-refractivity contribution in [2.45, 2.75) is 276 Å². The number of unbranched alkanes of at least 4 members (excludes halogenated alkanes) is 6. The number of guanidine groups is 1. The molecule has 12 N–H and O–H groups in total. The van der Waals surface area contributed by atoms with E-state index in [0.29, 0.717) is 23.5 Å². The van der Waals surface area contributed by atoms with Gasteiger partial charge in [-0.05, 0) is 95.0 Å². The maximum absolute atomic E-state index is 13.7. The number of fused-ring (bicyclic) bond motifs is 2. The molecule has 83 heavy (non-hydrogen) atoms. The second-order valence-corrected chi connectivity index (χ2v) is 24.9. The number of hydrogen-bond donors (Lipinski definition) is 12. The largest absolute Gasteiger partial charge is 0.462 e. The molecule has 0 aliphatic carbocycles. The molecule has 2 bridgehead atoms. The van der Waals surface area contributed by atoms with E-state index in [9.17, 15) is 60.7 Å². The first kappa shape index (κ1) is 75.6. The highest BCUT2D eigenvalue weighted by Gasteiger charge is 2.50. The van der Waals surface area contributed by atoms with Crippen molar-refractivity contribution in [1.29, 1.82) is 0 Å². The van der Waals surface area contributed by atoms with E-state index in [1.807, 2.05) is 20.0 Å². The Kier molecular flexibility index (Phi) is 37.1. The van der Waals surface area contributed by atoms with Crippen LogP contribution in [0.25, 0.3) is 0 Å². The highest BCUT2D eigenvalue weighted by Crippen LogP contribution is 2.36. The van der Waals surface area contributed by atoms with Gasteiger partial charge in [-0.25, -0.2) is 4.79 Å². The summed E-state index contributed by atoms with van der Waals surface area (Å²) in [5, 5.41) is 119. The maximum atomic E-state index is 13.7. The van der Waals surface area contributed by atoms with E-state index < -0.39 is 115 Å². The van der Waals surface area contributed by atoms with Gasteiger partial charge < -0.3 is 75.9 Å². The molecule has 2 heterocycles. The van der Waals surface area contributed by atoms with Crippen LogP contribution < -0.4 is 10.6 Å². The topological polar surface area (TPSA) is 301 Å². The molecule has 18 nitrogen and oxygen atoms in total. The smallest absolute Gasteiger partial charge is 0.334 e. The van der Waals surface area contributed by atoms with E-state index in [2.05, 4.69) is 48.5 Å². The molecule has 18 heteroatoms. The fourth-order valence-corrected chi connectivity index (χ4v) is 10.9. The predicted molar refractivity (Wildman–Crippen MR) is 327 cm³/mol. The second-order valence-electron chi connectivity index (χ2n) is 24.9. The number of aliphatic imine (C=N–C) groups is 1. The average molecular weight is 1180 g/mol. The number of allylic oxidation sites excluding steroid dienone is 6. The standard InChI is InChI=1S/C65H115N3O15/c1-42(2)25-19-15-14-17-21-31-60(77)81-52-36-50(69)35-51(70)37-55(72)43(3)27-23-29-47(7)61(46(6)26-20-16-12-13-18-22-34-68-64(66-10)67-11)82-63(79)48(8)30-24-28-44(4)56(73)40-57(74)49(9)54(71)33-32-45(5)59(76)41-65(80)62(78)58(75)39-53(38-52)83-65/h12-13,23-24,27-30,42,44-47,49-59,61-62,69-76,78,80H,14-22,25-26,31-41H2,1-11H3,(H2,66,67,68)/b13-12+,28-24+,29-23-,43-27+,48-30-/t44-,45+,46+,47-,49-,50+,51+,52-,53-,54-,55-,56+,57-,58-,59+,61-,62+,65+/m1/s1. The Morgan fingerprint density at radius 3 is 2.05 bits per heavy atom. The number of ether oxygens (including phenoxy) is 3. The lowest BCUT2D eigenvalue weighted by Gasteiger charge is -2.45. The first-order valence-corrected chi connectivity index (χ1v) is 31.4. The third kappa shape index (κ3) is 30.1. The van der Waals surface area contributed by atoms with E-state index >= 15 is 0 Å². The average Bonchev–Trinajstić information content (AvgIpc) is 3.60. The van der Waals surface area contributed by atoms with Gasteiger partial charge in [0.05, 0.1) is 54.9 Å². The summed E-state index contributed by atoms with van der Waals surface area (Å²) in [6.07, 6.45) is 10.5. The molecule has 0 amide bonds. The summed E-state index contributed by atoms with van der Waals surface area (Å²) in [6.45, 7) is 17.8. The van der Waals surface area contributed by atoms with Gasteiger partial charge >= 0.3 is 11.9 Å². The predicted octanol–water partition coefficient (Wildman–Crippen LogP) is 7.54. The molecule has 0 aromatic heterocycles. The molecule has 2 aliphatic rings. The fourth-order valence-electron chi connectivity index (χ4n) is 10.9. The highest BCUT2D eigenvalue weighted by molar-refractivity contribution is 5.88. The number of esters is 2. The third-order valence-corrected chi connectivity index (χ3v) is 16.8. The van der Waals surface area contributed by atoms with Gasteiger partial charge in [0.25, 0.3) is 0 Å². The van der Waals surface area contributed by atoms with E-state index in [1.165, 1.54) is 0 Å². The molecule has 2 rings (SSSR count). The molecular weight excluding hydrogens is 1060 g/mol. The summed E-state index contributed by atoms with van der Waals surface area (Å²) >= 11 is 0. The van der Waals surface area contributed by atoms with Gasteiger partial charge in [-0.2, -0.15) is 0 Å². The monoisotopic (exact) mass is 1180 g/mol. The van der Waals surface area contributed by atoms with Crippen LogP contribution in [0.5, 0.6) is 0 Å². The van der Waals surface area contributed by atoms with Crippen molar-refractivity contribution >= 4 is 17.9 Å². The highest BCUT2D eigenvalue weighted by atomic mass is 16.7. The van der Waals surface area contributed by atoms with E-state index in [4.69, 9.17) is 14.2 Å². The molecule has 0 radical (unpaired) electrons. The molecular formula is C65H115N3O15. The van der Waals surface area contributed by atoms with Crippen LogP contribution in [0, 0.1) is 35.5 Å². The van der Waals surface area contributed by atoms with Crippen molar-refractivity contribution in [3.05, 3.63) is 59.8 Å². The lowest BCUT2D eigenvalue weighted by Crippen LogP contribution is -2.60. The summed E-state index contributed by atoms with van der Waals surface area (Å²) in [4.78, 5) is 31.2. The Labute approximate surface area is 498 Å². The first-order chi connectivity index (χ1) is 39.2. The van der Waals surface area contributed by atoms with Gasteiger partial charge in [0, 0.05) is 88.9 Å². The molecule has 0 saturated carbocycles. The molecule has 18 atom stereocenters. The zero-order chi connectivity index (χ0) is 62.2. The summed E-state index contributed by atoms with van der Waals surface area (Å²) < 4.78 is 18.3. The number of nitrogens with one attached hydrogen (secondary N) is 2. The van der Waals surface area contributed by atoms with Crippen LogP contribution >= 0.6 is 0 Å². The number of carbonyl (C=O) groups is 2. The zero-order valence-corrected chi connectivity index (χ0v) is 52.5. The van der Waals surface area contributed by atoms with Crippen LogP contribution in [0.1, 0.15) is 197 Å². The van der Waals surface area contributed by atoms with Gasteiger partial charge in [-0.1, -0.05) is 129 Å². The normalized spacial score (nSPS) is 35.9. The van der Waals surface area contributed by atoms with Crippen molar-refractivity contribution in [3.63, 3.8) is 0 Å². The summed E-state index contributed by atoms with van der Waals surface area (Å²) in [7, 11) is 3.55. The third-order valence-electron chi connectivity index (χ3n) is 16.8. The van der Waals surface area contributed by atoms with Crippen molar-refractivity contribution in [1.82, 2.24) is 10.6 Å². The number of nitrogens with zero attached hydrogens (tertiary/aromatic N) is 1. The van der Waals surface area contributed by atoms with Crippen molar-refractivity contribution in [2.24, 2.45) is 40.5 Å². The van der Waals surface area contributed by atoms with Crippen LogP contribution in [0.2, 0.25) is 0 Å². The fraction of sp³-hybridized carbons (Fsp3) is 0.800. The molecule has 0 aromatic carbocycles. The van der Waals surface area contributed by atoms with E-state index in [1.54, 1.807) is 72.0 Å². The Hall–Kier alpha value is -3.53. The minimum atomic E-state index is -2.43. The Morgan fingerprint density at radius 2 is 1.37 bits per heavy atom. The van der Waals surface area contributed by atoms with Gasteiger partial charge in [0.2, 0.25) is 0 Å². The molecule has 1 saturated heterocycles. The maximum Gasteiger partial charge on any atom is 0.334 e. The van der Waals surface area contributed by atoms with Crippen LogP contribution in [0.3, 0.4) is 0 Å². The molecule has 2 aliphatic heterocycles. The van der Waals surface area contributed by atoms with Crippen LogP contribution in [-0.4, -0.2) is 169 Å². The van der Waals surface area contributed by atoms with E-state index in [-0.39, 0.29) is 69.6 Å². The Bertz CT molecular complexity index is 2000. The number of rotatable bonds is 18. The molecule has 480 valence electrons. The quantitative estimate of drug-likeness (QED) is 0.0207. The van der Waals surface area contributed by atoms with Crippen LogP contribution in [-0.2, 0) is 23.8 Å². The van der Waals surface area contributed by atoms with Crippen molar-refractivity contribution < 1.29 is 74.9 Å². The minimum Gasteiger partial charge on any atom is -0.462 e. The van der Waals surface area contributed by atoms with Crippen molar-refractivity contribution in [3.8, 4) is 0 Å². The summed E-state index contributed by atoms with van der Waals surface area (Å²) in [5.74, 6) is -4.00.